The van der Waals surface area contributed by atoms with Gasteiger partial charge in [-0.05, 0) is 38.6 Å². The van der Waals surface area contributed by atoms with E-state index in [1.807, 2.05) is 6.07 Å². The molecule has 0 radical (unpaired) electrons. The molecule has 0 aliphatic carbocycles. The van der Waals surface area contributed by atoms with Crippen LogP contribution in [0.2, 0.25) is 0 Å². The second-order valence-electron chi connectivity index (χ2n) is 6.39. The Morgan fingerprint density at radius 2 is 1.90 bits per heavy atom. The van der Waals surface area contributed by atoms with Gasteiger partial charge in [0.15, 0.2) is 0 Å². The van der Waals surface area contributed by atoms with E-state index in [0.717, 1.165) is 24.3 Å². The molecule has 116 valence electrons. The molecule has 0 amide bonds. The van der Waals surface area contributed by atoms with Gasteiger partial charge in [-0.2, -0.15) is 0 Å². The molecule has 0 aliphatic rings. The van der Waals surface area contributed by atoms with Crippen molar-refractivity contribution in [2.24, 2.45) is 11.7 Å². The minimum atomic E-state index is 0.163. The predicted molar refractivity (Wildman–Crippen MR) is 89.3 cm³/mol. The first-order valence-corrected chi connectivity index (χ1v) is 7.82. The lowest BCUT2D eigenvalue weighted by Crippen LogP contribution is -2.31. The number of para-hydroxylation sites is 2. The number of fused-ring (bicyclic) bond motifs is 1. The van der Waals surface area contributed by atoms with Crippen molar-refractivity contribution in [2.45, 2.75) is 45.8 Å². The number of nitrogens with two attached hydrogens (primary N) is 1. The average molecular weight is 288 g/mol. The van der Waals surface area contributed by atoms with Crippen molar-refractivity contribution in [1.82, 2.24) is 14.5 Å². The van der Waals surface area contributed by atoms with Gasteiger partial charge in [0.2, 0.25) is 0 Å². The van der Waals surface area contributed by atoms with Crippen molar-refractivity contribution in [1.29, 1.82) is 0 Å². The largest absolute Gasteiger partial charge is 0.326 e. The summed E-state index contributed by atoms with van der Waals surface area (Å²) in [4.78, 5) is 7.16. The van der Waals surface area contributed by atoms with E-state index < -0.39 is 0 Å². The summed E-state index contributed by atoms with van der Waals surface area (Å²) in [6.45, 7) is 7.45. The zero-order chi connectivity index (χ0) is 15.6. The summed E-state index contributed by atoms with van der Waals surface area (Å²) >= 11 is 0. The van der Waals surface area contributed by atoms with Crippen LogP contribution in [-0.2, 0) is 6.54 Å². The molecule has 21 heavy (non-hydrogen) atoms. The second-order valence-corrected chi connectivity index (χ2v) is 6.39. The maximum Gasteiger partial charge on any atom is 0.127 e. The van der Waals surface area contributed by atoms with Gasteiger partial charge in [-0.25, -0.2) is 4.98 Å². The molecule has 1 heterocycles. The van der Waals surface area contributed by atoms with E-state index in [0.29, 0.717) is 12.0 Å². The molecule has 1 aromatic heterocycles. The lowest BCUT2D eigenvalue weighted by atomic mass is 10.0. The minimum Gasteiger partial charge on any atom is -0.326 e. The van der Waals surface area contributed by atoms with Gasteiger partial charge in [0, 0.05) is 12.6 Å². The quantitative estimate of drug-likeness (QED) is 0.888. The zero-order valence-corrected chi connectivity index (χ0v) is 13.9. The number of hydrogen-bond acceptors (Lipinski definition) is 3. The van der Waals surface area contributed by atoms with Crippen molar-refractivity contribution in [3.63, 3.8) is 0 Å². The first-order valence-electron chi connectivity index (χ1n) is 7.82. The average Bonchev–Trinajstić information content (AvgIpc) is 2.76. The van der Waals surface area contributed by atoms with E-state index in [1.165, 1.54) is 5.52 Å². The Morgan fingerprint density at radius 3 is 2.48 bits per heavy atom. The highest BCUT2D eigenvalue weighted by Crippen LogP contribution is 2.29. The standard InChI is InChI=1S/C17H28N4/c1-6-13(18)11-21-15-10-8-7-9-14(15)19-17(21)16(12(2)3)20(4)5/h7-10,12-13,16H,6,11,18H2,1-5H3. The number of aromatic nitrogens is 2. The third-order valence-corrected chi connectivity index (χ3v) is 4.08. The van der Waals surface area contributed by atoms with Gasteiger partial charge >= 0.3 is 0 Å². The van der Waals surface area contributed by atoms with Crippen LogP contribution >= 0.6 is 0 Å². The molecule has 2 unspecified atom stereocenters. The van der Waals surface area contributed by atoms with E-state index in [1.54, 1.807) is 0 Å². The van der Waals surface area contributed by atoms with Crippen molar-refractivity contribution < 1.29 is 0 Å². The van der Waals surface area contributed by atoms with Crippen LogP contribution in [0.4, 0.5) is 0 Å². The van der Waals surface area contributed by atoms with E-state index in [2.05, 4.69) is 62.5 Å². The normalized spacial score (nSPS) is 15.0. The molecule has 0 saturated heterocycles. The fourth-order valence-corrected chi connectivity index (χ4v) is 3.00. The van der Waals surface area contributed by atoms with Gasteiger partial charge in [0.1, 0.15) is 5.82 Å². The van der Waals surface area contributed by atoms with Gasteiger partial charge in [0.25, 0.3) is 0 Å². The molecule has 2 aromatic rings. The molecular formula is C17H28N4. The molecule has 0 saturated carbocycles. The molecule has 2 atom stereocenters. The Hall–Kier alpha value is -1.39. The zero-order valence-electron chi connectivity index (χ0n) is 13.9. The predicted octanol–water partition coefficient (Wildman–Crippen LogP) is 3.03. The van der Waals surface area contributed by atoms with E-state index in [9.17, 15) is 0 Å². The maximum absolute atomic E-state index is 6.21. The summed E-state index contributed by atoms with van der Waals surface area (Å²) in [6.07, 6.45) is 0.972. The summed E-state index contributed by atoms with van der Waals surface area (Å²) in [5.41, 5.74) is 8.46. The SMILES string of the molecule is CCC(N)Cn1c(C(C(C)C)N(C)C)nc2ccccc21. The van der Waals surface area contributed by atoms with Crippen LogP contribution in [0, 0.1) is 5.92 Å². The second kappa shape index (κ2) is 6.58. The van der Waals surface area contributed by atoms with Crippen molar-refractivity contribution in [3.8, 4) is 0 Å². The third kappa shape index (κ3) is 3.27. The Balaban J connectivity index is 2.57. The molecule has 0 aliphatic heterocycles. The molecule has 2 N–H and O–H groups in total. The fraction of sp³-hybridized carbons (Fsp3) is 0.588. The molecule has 4 nitrogen and oxygen atoms in total. The first-order chi connectivity index (χ1) is 9.95. The number of hydrogen-bond donors (Lipinski definition) is 1. The van der Waals surface area contributed by atoms with Crippen LogP contribution in [0.3, 0.4) is 0 Å². The molecular weight excluding hydrogens is 260 g/mol. The van der Waals surface area contributed by atoms with Gasteiger partial charge in [-0.3, -0.25) is 4.90 Å². The summed E-state index contributed by atoms with van der Waals surface area (Å²) in [5, 5.41) is 0. The maximum atomic E-state index is 6.21. The van der Waals surface area contributed by atoms with Crippen molar-refractivity contribution in [3.05, 3.63) is 30.1 Å². The van der Waals surface area contributed by atoms with Crippen LogP contribution in [0.15, 0.2) is 24.3 Å². The van der Waals surface area contributed by atoms with Gasteiger partial charge < -0.3 is 10.3 Å². The van der Waals surface area contributed by atoms with Crippen LogP contribution in [0.1, 0.15) is 39.1 Å². The smallest absolute Gasteiger partial charge is 0.127 e. The van der Waals surface area contributed by atoms with Crippen LogP contribution in [-0.4, -0.2) is 34.6 Å². The summed E-state index contributed by atoms with van der Waals surface area (Å²) in [5.74, 6) is 1.62. The lowest BCUT2D eigenvalue weighted by Gasteiger charge is -2.28. The number of rotatable bonds is 6. The van der Waals surface area contributed by atoms with E-state index in [-0.39, 0.29) is 6.04 Å². The van der Waals surface area contributed by atoms with E-state index >= 15 is 0 Å². The van der Waals surface area contributed by atoms with Crippen LogP contribution in [0.5, 0.6) is 0 Å². The van der Waals surface area contributed by atoms with Gasteiger partial charge in [-0.15, -0.1) is 0 Å². The Bertz CT molecular complexity index is 577. The topological polar surface area (TPSA) is 47.1 Å². The summed E-state index contributed by atoms with van der Waals surface area (Å²) in [7, 11) is 4.24. The van der Waals surface area contributed by atoms with Crippen LogP contribution in [0.25, 0.3) is 11.0 Å². The third-order valence-electron chi connectivity index (χ3n) is 4.08. The monoisotopic (exact) mass is 288 g/mol. The Kier molecular flexibility index (Phi) is 5.01. The molecule has 0 spiro atoms. The molecule has 4 heteroatoms. The fourth-order valence-electron chi connectivity index (χ4n) is 3.00. The number of benzene rings is 1. The first kappa shape index (κ1) is 16.0. The number of imidazole rings is 1. The highest BCUT2D eigenvalue weighted by atomic mass is 15.2. The molecule has 0 bridgehead atoms. The van der Waals surface area contributed by atoms with Crippen molar-refractivity contribution in [2.75, 3.05) is 14.1 Å². The molecule has 2 rings (SSSR count). The van der Waals surface area contributed by atoms with Gasteiger partial charge in [-0.1, -0.05) is 32.9 Å². The van der Waals surface area contributed by atoms with Crippen molar-refractivity contribution >= 4 is 11.0 Å². The summed E-state index contributed by atoms with van der Waals surface area (Å²) in [6, 6.07) is 8.80. The van der Waals surface area contributed by atoms with Gasteiger partial charge in [0.05, 0.1) is 17.1 Å². The Labute approximate surface area is 128 Å². The highest BCUT2D eigenvalue weighted by molar-refractivity contribution is 5.76. The summed E-state index contributed by atoms with van der Waals surface area (Å²) < 4.78 is 2.31. The molecule has 0 fully saturated rings. The Morgan fingerprint density at radius 1 is 1.24 bits per heavy atom. The highest BCUT2D eigenvalue weighted by Gasteiger charge is 2.25. The molecule has 1 aromatic carbocycles. The lowest BCUT2D eigenvalue weighted by molar-refractivity contribution is 0.218. The van der Waals surface area contributed by atoms with Crippen LogP contribution < -0.4 is 5.73 Å². The van der Waals surface area contributed by atoms with E-state index in [4.69, 9.17) is 10.7 Å². The number of nitrogens with zero attached hydrogens (tertiary/aromatic N) is 3. The minimum absolute atomic E-state index is 0.163.